The van der Waals surface area contributed by atoms with E-state index in [1.807, 2.05) is 67.8 Å². The van der Waals surface area contributed by atoms with E-state index in [0.29, 0.717) is 10.7 Å². The fourth-order valence-electron chi connectivity index (χ4n) is 4.27. The number of esters is 2. The maximum absolute atomic E-state index is 13.9. The molecule has 21 heteroatoms. The van der Waals surface area contributed by atoms with Crippen molar-refractivity contribution in [2.45, 2.75) is 47.2 Å². The van der Waals surface area contributed by atoms with Gasteiger partial charge < -0.3 is 18.8 Å². The van der Waals surface area contributed by atoms with Crippen LogP contribution < -0.4 is 0 Å². The zero-order chi connectivity index (χ0) is 28.7. The summed E-state index contributed by atoms with van der Waals surface area (Å²) in [5.41, 5.74) is 0.0126. The summed E-state index contributed by atoms with van der Waals surface area (Å²) in [6.45, 7) is 0. The molecular formula is C17H9F5I3O11S2-. The lowest BCUT2D eigenvalue weighted by Crippen LogP contribution is -2.55. The van der Waals surface area contributed by atoms with Crippen LogP contribution in [0.4, 0.5) is 22.0 Å². The molecule has 3 saturated heterocycles. The Labute approximate surface area is 250 Å². The van der Waals surface area contributed by atoms with Crippen LogP contribution >= 0.6 is 67.8 Å². The molecule has 3 fully saturated rings. The maximum atomic E-state index is 13.9. The zero-order valence-electron chi connectivity index (χ0n) is 17.5. The summed E-state index contributed by atoms with van der Waals surface area (Å²) in [7, 11) is -11.8. The maximum Gasteiger partial charge on any atom is 0.432 e. The molecular weight excluding hydrogens is 920 g/mol. The molecule has 3 aliphatic rings. The third kappa shape index (κ3) is 5.14. The van der Waals surface area contributed by atoms with Crippen LogP contribution in [-0.4, -0.2) is 80.5 Å². The third-order valence-corrected chi connectivity index (χ3v) is 12.1. The number of hydrogen-bond acceptors (Lipinski definition) is 11. The quantitative estimate of drug-likeness (QED) is 0.103. The van der Waals surface area contributed by atoms with Gasteiger partial charge in [0.1, 0.15) is 29.5 Å². The van der Waals surface area contributed by atoms with Gasteiger partial charge in [-0.2, -0.15) is 30.4 Å². The Morgan fingerprint density at radius 3 is 2.21 bits per heavy atom. The van der Waals surface area contributed by atoms with E-state index in [2.05, 4.69) is 4.74 Å². The molecule has 2 bridgehead atoms. The number of hydrogen-bond donors (Lipinski definition) is 0. The van der Waals surface area contributed by atoms with Crippen molar-refractivity contribution >= 4 is 99.9 Å². The van der Waals surface area contributed by atoms with Crippen LogP contribution in [0.2, 0.25) is 0 Å². The van der Waals surface area contributed by atoms with E-state index in [1.165, 1.54) is 6.07 Å². The van der Waals surface area contributed by atoms with Gasteiger partial charge >= 0.3 is 23.4 Å². The molecule has 1 aromatic carbocycles. The molecule has 0 radical (unpaired) electrons. The number of benzene rings is 1. The number of alkyl halides is 5. The summed E-state index contributed by atoms with van der Waals surface area (Å²) in [5.74, 6) is -5.62. The van der Waals surface area contributed by atoms with E-state index < -0.39 is 85.3 Å². The van der Waals surface area contributed by atoms with E-state index in [4.69, 9.17) is 13.7 Å². The highest BCUT2D eigenvalue weighted by molar-refractivity contribution is 14.1. The largest absolute Gasteiger partial charge is 0.743 e. The molecule has 7 atom stereocenters. The fourth-order valence-corrected chi connectivity index (χ4v) is 8.92. The summed E-state index contributed by atoms with van der Waals surface area (Å²) in [6, 6.07) is 3.14. The first-order chi connectivity index (χ1) is 17.2. The van der Waals surface area contributed by atoms with Gasteiger partial charge in [0.15, 0.2) is 16.2 Å². The summed E-state index contributed by atoms with van der Waals surface area (Å²) in [5, 5.41) is -8.19. The molecule has 1 aromatic rings. The molecule has 0 aliphatic carbocycles. The molecule has 4 rings (SSSR count). The van der Waals surface area contributed by atoms with Gasteiger partial charge in [0.25, 0.3) is 16.2 Å². The predicted octanol–water partition coefficient (Wildman–Crippen LogP) is 2.13. The second-order valence-electron chi connectivity index (χ2n) is 8.10. The van der Waals surface area contributed by atoms with Gasteiger partial charge in [-0.25, -0.2) is 13.2 Å². The van der Waals surface area contributed by atoms with E-state index >= 15 is 0 Å². The second kappa shape index (κ2) is 9.95. The Morgan fingerprint density at radius 2 is 1.66 bits per heavy atom. The topological polar surface area (TPSA) is 162 Å². The highest BCUT2D eigenvalue weighted by Gasteiger charge is 2.75. The molecule has 0 amide bonds. The van der Waals surface area contributed by atoms with Gasteiger partial charge in [0.05, 0.1) is 5.56 Å². The Balaban J connectivity index is 1.67. The molecule has 11 nitrogen and oxygen atoms in total. The molecule has 0 spiro atoms. The van der Waals surface area contributed by atoms with Crippen LogP contribution in [0.5, 0.6) is 0 Å². The minimum absolute atomic E-state index is 0.0126. The van der Waals surface area contributed by atoms with Gasteiger partial charge in [-0.15, -0.1) is 0 Å². The van der Waals surface area contributed by atoms with Crippen molar-refractivity contribution in [3.05, 3.63) is 28.4 Å². The number of halogens is 8. The molecule has 3 aliphatic heterocycles. The molecule has 7 unspecified atom stereocenters. The average molecular weight is 929 g/mol. The van der Waals surface area contributed by atoms with E-state index in [-0.39, 0.29) is 5.56 Å². The third-order valence-electron chi connectivity index (χ3n) is 5.79. The number of rotatable bonds is 6. The van der Waals surface area contributed by atoms with Gasteiger partial charge in [-0.05, 0) is 79.9 Å². The lowest BCUT2D eigenvalue weighted by molar-refractivity contribution is -0.261. The van der Waals surface area contributed by atoms with Gasteiger partial charge in [0.2, 0.25) is 0 Å². The Bertz CT molecular complexity index is 1420. The zero-order valence-corrected chi connectivity index (χ0v) is 25.6. The Hall–Kier alpha value is -0.220. The van der Waals surface area contributed by atoms with Crippen molar-refractivity contribution in [3.8, 4) is 0 Å². The van der Waals surface area contributed by atoms with Crippen molar-refractivity contribution in [3.63, 3.8) is 0 Å². The lowest BCUT2D eigenvalue weighted by Gasteiger charge is -2.32. The van der Waals surface area contributed by atoms with Crippen molar-refractivity contribution in [1.29, 1.82) is 0 Å². The van der Waals surface area contributed by atoms with Crippen LogP contribution in [0, 0.1) is 16.6 Å². The van der Waals surface area contributed by atoms with Crippen molar-refractivity contribution in [2.24, 2.45) is 5.92 Å². The molecule has 0 N–H and O–H groups in total. The minimum Gasteiger partial charge on any atom is -0.743 e. The number of carbonyl (C=O) groups excluding carboxylic acids is 2. The highest BCUT2D eigenvalue weighted by atomic mass is 127. The first-order valence-corrected chi connectivity index (χ1v) is 15.8. The van der Waals surface area contributed by atoms with E-state index in [0.717, 1.165) is 0 Å². The molecule has 0 saturated carbocycles. The van der Waals surface area contributed by atoms with Crippen molar-refractivity contribution in [1.82, 2.24) is 0 Å². The van der Waals surface area contributed by atoms with Crippen LogP contribution in [-0.2, 0) is 43.4 Å². The Kier molecular flexibility index (Phi) is 8.05. The monoisotopic (exact) mass is 929 g/mol. The lowest BCUT2D eigenvalue weighted by atomic mass is 9.84. The fraction of sp³-hybridized carbons (Fsp3) is 0.529. The van der Waals surface area contributed by atoms with Gasteiger partial charge in [0, 0.05) is 10.7 Å². The molecule has 212 valence electrons. The summed E-state index contributed by atoms with van der Waals surface area (Å²) in [6.07, 6.45) is -17.6. The van der Waals surface area contributed by atoms with Crippen LogP contribution in [0.25, 0.3) is 0 Å². The number of fused-ring (bicyclic) bond motifs is 1. The molecule has 38 heavy (non-hydrogen) atoms. The standard InChI is InChI=1S/C17H10F5I3O11S2/c18-16(19,20)15(17(21,22)38(30,31)32)35-14(27)6-8-9(10-11(33-8)12(6)37(28,29)36-10)34-13(26)4-1-3(23)2-5(24)7(4)25/h1-2,6,8-12,15H,(H,30,31,32)/p-1. The van der Waals surface area contributed by atoms with Crippen LogP contribution in [0.3, 0.4) is 0 Å². The first kappa shape index (κ1) is 30.7. The number of carbonyl (C=O) groups is 2. The SMILES string of the molecule is O=C(OC1C2OS(=O)(=O)C3C2OC1C3C(=O)OC(C(F)(F)F)C(F)(F)S(=O)(=O)[O-])c1cc(I)cc(I)c1I. The molecule has 3 heterocycles. The van der Waals surface area contributed by atoms with Gasteiger partial charge in [-0.1, -0.05) is 0 Å². The van der Waals surface area contributed by atoms with Gasteiger partial charge in [-0.3, -0.25) is 8.98 Å². The average Bonchev–Trinajstić information content (AvgIpc) is 3.35. The minimum atomic E-state index is -6.99. The van der Waals surface area contributed by atoms with Crippen molar-refractivity contribution in [2.75, 3.05) is 0 Å². The predicted molar refractivity (Wildman–Crippen MR) is 134 cm³/mol. The highest BCUT2D eigenvalue weighted by Crippen LogP contribution is 2.52. The smallest absolute Gasteiger partial charge is 0.432 e. The number of ether oxygens (including phenoxy) is 3. The Morgan fingerprint density at radius 1 is 1.05 bits per heavy atom. The molecule has 0 aromatic heterocycles. The summed E-state index contributed by atoms with van der Waals surface area (Å²) >= 11 is 5.66. The first-order valence-electron chi connectivity index (χ1n) is 9.72. The van der Waals surface area contributed by atoms with Crippen LogP contribution in [0.1, 0.15) is 10.4 Å². The van der Waals surface area contributed by atoms with Crippen molar-refractivity contribution < 1.29 is 71.3 Å². The summed E-state index contributed by atoms with van der Waals surface area (Å²) < 4.78 is 146. The van der Waals surface area contributed by atoms with E-state index in [1.54, 1.807) is 6.07 Å². The second-order valence-corrected chi connectivity index (χ2v) is 14.8. The summed E-state index contributed by atoms with van der Waals surface area (Å²) in [4.78, 5) is 25.6. The van der Waals surface area contributed by atoms with Crippen LogP contribution in [0.15, 0.2) is 12.1 Å². The van der Waals surface area contributed by atoms with E-state index in [9.17, 15) is 52.9 Å². The normalized spacial score (nSPS) is 30.8.